The minimum atomic E-state index is -1.51. The van der Waals surface area contributed by atoms with E-state index in [-0.39, 0.29) is 5.57 Å². The fraction of sp³-hybridized carbons (Fsp3) is 0.720. The Morgan fingerprint density at radius 3 is 2.08 bits per heavy atom. The van der Waals surface area contributed by atoms with Gasteiger partial charge in [-0.05, 0) is 19.8 Å². The first-order chi connectivity index (χ1) is 18.2. The molecule has 2 aliphatic heterocycles. The zero-order valence-electron chi connectivity index (χ0n) is 22.6. The van der Waals surface area contributed by atoms with Crippen molar-refractivity contribution in [3.8, 4) is 0 Å². The van der Waals surface area contributed by atoms with Crippen LogP contribution in [-0.4, -0.2) is 91.3 Å². The first kappa shape index (κ1) is 30.3. The number of hydrogen-bond acceptors (Lipinski definition) is 14. The molecule has 9 atom stereocenters. The number of fused-ring (bicyclic) bond motifs is 1. The molecule has 1 saturated heterocycles. The predicted octanol–water partition coefficient (Wildman–Crippen LogP) is 0.277. The van der Waals surface area contributed by atoms with Crippen molar-refractivity contribution >= 4 is 29.8 Å². The number of hydrogen-bond donors (Lipinski definition) is 1. The zero-order valence-corrected chi connectivity index (χ0v) is 22.6. The lowest BCUT2D eigenvalue weighted by molar-refractivity contribution is -0.348. The van der Waals surface area contributed by atoms with Crippen LogP contribution in [-0.2, 0) is 61.9 Å². The Hall–Kier alpha value is -3.23. The van der Waals surface area contributed by atoms with Crippen LogP contribution in [0.4, 0.5) is 0 Å². The van der Waals surface area contributed by atoms with E-state index in [1.165, 1.54) is 13.4 Å². The monoisotopic (exact) mass is 558 g/mol. The van der Waals surface area contributed by atoms with Crippen molar-refractivity contribution in [2.45, 2.75) is 90.1 Å². The first-order valence-corrected chi connectivity index (χ1v) is 12.4. The van der Waals surface area contributed by atoms with E-state index in [0.717, 1.165) is 27.7 Å². The van der Waals surface area contributed by atoms with Crippen LogP contribution in [0.25, 0.3) is 0 Å². The molecular weight excluding hydrogens is 524 g/mol. The molecule has 3 rings (SSSR count). The molecule has 39 heavy (non-hydrogen) atoms. The van der Waals surface area contributed by atoms with Gasteiger partial charge in [-0.15, -0.1) is 0 Å². The molecule has 0 spiro atoms. The minimum absolute atomic E-state index is 0.224. The van der Waals surface area contributed by atoms with E-state index in [1.807, 2.05) is 0 Å². The fourth-order valence-corrected chi connectivity index (χ4v) is 5.24. The van der Waals surface area contributed by atoms with E-state index in [2.05, 4.69) is 0 Å². The van der Waals surface area contributed by atoms with Gasteiger partial charge in [0.1, 0.15) is 12.7 Å². The van der Waals surface area contributed by atoms with Crippen LogP contribution >= 0.6 is 0 Å². The third kappa shape index (κ3) is 7.05. The number of carbonyl (C=O) groups excluding carboxylic acids is 5. The highest BCUT2D eigenvalue weighted by molar-refractivity contribution is 5.89. The maximum absolute atomic E-state index is 12.3. The summed E-state index contributed by atoms with van der Waals surface area (Å²) >= 11 is 0. The van der Waals surface area contributed by atoms with Crippen molar-refractivity contribution in [2.24, 2.45) is 11.8 Å². The number of ether oxygens (including phenoxy) is 8. The maximum atomic E-state index is 12.3. The molecule has 0 aromatic rings. The molecule has 0 amide bonds. The fourth-order valence-electron chi connectivity index (χ4n) is 5.24. The van der Waals surface area contributed by atoms with Gasteiger partial charge in [-0.2, -0.15) is 0 Å². The van der Waals surface area contributed by atoms with Crippen LogP contribution in [0.5, 0.6) is 0 Å². The van der Waals surface area contributed by atoms with E-state index in [0.29, 0.717) is 12.8 Å². The Bertz CT molecular complexity index is 1000. The second-order valence-electron chi connectivity index (χ2n) is 9.80. The molecule has 3 aliphatic rings. The maximum Gasteiger partial charge on any atom is 0.337 e. The molecule has 2 fully saturated rings. The average Bonchev–Trinajstić information content (AvgIpc) is 3.16. The van der Waals surface area contributed by atoms with Crippen LogP contribution in [0, 0.1) is 11.8 Å². The topological polar surface area (TPSA) is 179 Å². The minimum Gasteiger partial charge on any atom is -0.471 e. The lowest BCUT2D eigenvalue weighted by atomic mass is 9.81. The van der Waals surface area contributed by atoms with Gasteiger partial charge in [0, 0.05) is 33.6 Å². The van der Waals surface area contributed by atoms with Crippen molar-refractivity contribution in [3.63, 3.8) is 0 Å². The molecule has 218 valence electrons. The van der Waals surface area contributed by atoms with Gasteiger partial charge in [0.2, 0.25) is 12.6 Å². The molecule has 1 saturated carbocycles. The van der Waals surface area contributed by atoms with Gasteiger partial charge in [0.15, 0.2) is 18.3 Å². The number of esters is 5. The molecule has 14 nitrogen and oxygen atoms in total. The van der Waals surface area contributed by atoms with Crippen molar-refractivity contribution < 1.29 is 67.0 Å². The van der Waals surface area contributed by atoms with Crippen LogP contribution in [0.2, 0.25) is 0 Å². The molecular formula is C25H34O14. The SMILES string of the molecule is COC(=O)C1=CO[C@@H](O[C@@H]2O[C@H](COC(C)=O)[C@@H](OC(C)=O)[C@H](OC(C)=O)[C@H]2OC(C)=O)[C@H]2[C@@H]1CC[C@@]2(C)O. The van der Waals surface area contributed by atoms with Crippen LogP contribution in [0.15, 0.2) is 11.8 Å². The zero-order chi connectivity index (χ0) is 29.1. The Balaban J connectivity index is 2.00. The van der Waals surface area contributed by atoms with E-state index in [4.69, 9.17) is 37.9 Å². The second kappa shape index (κ2) is 12.3. The second-order valence-corrected chi connectivity index (χ2v) is 9.80. The molecule has 2 heterocycles. The smallest absolute Gasteiger partial charge is 0.337 e. The Morgan fingerprint density at radius 2 is 1.51 bits per heavy atom. The highest BCUT2D eigenvalue weighted by atomic mass is 16.8. The average molecular weight is 559 g/mol. The Morgan fingerprint density at radius 1 is 0.923 bits per heavy atom. The normalized spacial score (nSPS) is 35.4. The van der Waals surface area contributed by atoms with E-state index in [9.17, 15) is 29.1 Å². The molecule has 0 radical (unpaired) electrons. The molecule has 1 aliphatic carbocycles. The number of rotatable bonds is 8. The number of methoxy groups -OCH3 is 1. The Kier molecular flexibility index (Phi) is 9.56. The van der Waals surface area contributed by atoms with Gasteiger partial charge in [-0.3, -0.25) is 19.2 Å². The standard InChI is InChI=1S/C25H34O14/c1-11(26)33-10-17-19(35-12(2)27)20(36-13(3)28)21(37-14(4)29)24(38-17)39-23-18-15(7-8-25(18,5)31)16(9-34-23)22(30)32-6/h9,15,17-21,23-24,31H,7-8,10H2,1-6H3/t15-,17-,18-,19-,20+,21-,23+,24+,25-/m1/s1. The number of aliphatic hydroxyl groups is 1. The third-order valence-corrected chi connectivity index (χ3v) is 6.77. The van der Waals surface area contributed by atoms with Crippen LogP contribution in [0.1, 0.15) is 47.5 Å². The highest BCUT2D eigenvalue weighted by Crippen LogP contribution is 2.49. The lowest BCUT2D eigenvalue weighted by Crippen LogP contribution is -2.64. The largest absolute Gasteiger partial charge is 0.471 e. The van der Waals surface area contributed by atoms with Crippen LogP contribution < -0.4 is 0 Å². The third-order valence-electron chi connectivity index (χ3n) is 6.77. The van der Waals surface area contributed by atoms with Crippen molar-refractivity contribution in [2.75, 3.05) is 13.7 Å². The van der Waals surface area contributed by atoms with E-state index in [1.54, 1.807) is 6.92 Å². The van der Waals surface area contributed by atoms with Gasteiger partial charge in [0.25, 0.3) is 0 Å². The van der Waals surface area contributed by atoms with Crippen molar-refractivity contribution in [1.29, 1.82) is 0 Å². The van der Waals surface area contributed by atoms with Gasteiger partial charge >= 0.3 is 29.8 Å². The van der Waals surface area contributed by atoms with Gasteiger partial charge in [-0.25, -0.2) is 4.79 Å². The summed E-state index contributed by atoms with van der Waals surface area (Å²) in [5, 5.41) is 11.1. The summed E-state index contributed by atoms with van der Waals surface area (Å²) < 4.78 is 43.9. The van der Waals surface area contributed by atoms with Gasteiger partial charge in [-0.1, -0.05) is 0 Å². The lowest BCUT2D eigenvalue weighted by Gasteiger charge is -2.46. The van der Waals surface area contributed by atoms with Crippen molar-refractivity contribution in [3.05, 3.63) is 11.8 Å². The molecule has 0 aromatic heterocycles. The molecule has 0 aromatic carbocycles. The molecule has 14 heteroatoms. The Labute approximate surface area is 224 Å². The summed E-state index contributed by atoms with van der Waals surface area (Å²) in [5.74, 6) is -4.90. The summed E-state index contributed by atoms with van der Waals surface area (Å²) in [6.07, 6.45) is -6.27. The molecule has 0 unspecified atom stereocenters. The molecule has 0 bridgehead atoms. The van der Waals surface area contributed by atoms with E-state index < -0.39 is 90.9 Å². The number of carbonyl (C=O) groups is 5. The quantitative estimate of drug-likeness (QED) is 0.317. The summed E-state index contributed by atoms with van der Waals surface area (Å²) in [4.78, 5) is 59.8. The predicted molar refractivity (Wildman–Crippen MR) is 125 cm³/mol. The van der Waals surface area contributed by atoms with Crippen molar-refractivity contribution in [1.82, 2.24) is 0 Å². The summed E-state index contributed by atoms with van der Waals surface area (Å²) in [6, 6.07) is 0. The van der Waals surface area contributed by atoms with E-state index >= 15 is 0 Å². The summed E-state index contributed by atoms with van der Waals surface area (Å²) in [5.41, 5.74) is -1.11. The van der Waals surface area contributed by atoms with Crippen LogP contribution in [0.3, 0.4) is 0 Å². The molecule has 1 N–H and O–H groups in total. The van der Waals surface area contributed by atoms with Gasteiger partial charge < -0.3 is 43.0 Å². The summed E-state index contributed by atoms with van der Waals surface area (Å²) in [7, 11) is 1.23. The summed E-state index contributed by atoms with van der Waals surface area (Å²) in [6.45, 7) is 5.62. The van der Waals surface area contributed by atoms with Gasteiger partial charge in [0.05, 0.1) is 30.5 Å². The first-order valence-electron chi connectivity index (χ1n) is 12.4. The highest BCUT2D eigenvalue weighted by Gasteiger charge is 2.58.